The summed E-state index contributed by atoms with van der Waals surface area (Å²) in [6, 6.07) is 3.78. The zero-order valence-electron chi connectivity index (χ0n) is 8.86. The number of aromatic nitrogens is 2. The molecule has 0 amide bonds. The molecule has 5 nitrogen and oxygen atoms in total. The van der Waals surface area contributed by atoms with E-state index >= 15 is 0 Å². The Balaban J connectivity index is 2.54. The van der Waals surface area contributed by atoms with E-state index in [9.17, 15) is 0 Å². The maximum Gasteiger partial charge on any atom is 0.317 e. The Morgan fingerprint density at radius 2 is 2.20 bits per heavy atom. The molecule has 0 saturated heterocycles. The van der Waals surface area contributed by atoms with Crippen molar-refractivity contribution in [2.24, 2.45) is 0 Å². The van der Waals surface area contributed by atoms with E-state index in [1.165, 1.54) is 0 Å². The van der Waals surface area contributed by atoms with Crippen molar-refractivity contribution in [2.45, 2.75) is 13.8 Å². The van der Waals surface area contributed by atoms with E-state index in [0.29, 0.717) is 31.2 Å². The predicted octanol–water partition coefficient (Wildman–Crippen LogP) is 1.07. The van der Waals surface area contributed by atoms with Crippen molar-refractivity contribution < 1.29 is 9.47 Å². The summed E-state index contributed by atoms with van der Waals surface area (Å²) in [6.07, 6.45) is 0. The van der Waals surface area contributed by atoms with Crippen molar-refractivity contribution in [1.82, 2.24) is 9.97 Å². The molecule has 0 aromatic carbocycles. The number of aryl methyl sites for hydroxylation is 1. The van der Waals surface area contributed by atoms with Gasteiger partial charge in [-0.3, -0.25) is 0 Å². The van der Waals surface area contributed by atoms with Gasteiger partial charge in [0.25, 0.3) is 0 Å². The number of hydrogen-bond acceptors (Lipinski definition) is 5. The molecule has 0 atom stereocenters. The van der Waals surface area contributed by atoms with Crippen LogP contribution in [0.5, 0.6) is 6.01 Å². The molecule has 0 radical (unpaired) electrons. The largest absolute Gasteiger partial charge is 0.461 e. The number of nitrogens with zero attached hydrogens (tertiary/aromatic N) is 3. The van der Waals surface area contributed by atoms with E-state index < -0.39 is 0 Å². The van der Waals surface area contributed by atoms with E-state index in [4.69, 9.17) is 14.7 Å². The lowest BCUT2D eigenvalue weighted by Crippen LogP contribution is -2.09. The molecule has 0 aliphatic rings. The lowest BCUT2D eigenvalue weighted by molar-refractivity contribution is 0.106. The van der Waals surface area contributed by atoms with Crippen LogP contribution < -0.4 is 4.74 Å². The Morgan fingerprint density at radius 3 is 2.87 bits per heavy atom. The van der Waals surface area contributed by atoms with Gasteiger partial charge in [0, 0.05) is 12.3 Å². The molecule has 1 rings (SSSR count). The molecule has 0 fully saturated rings. The third-order valence-corrected chi connectivity index (χ3v) is 1.61. The van der Waals surface area contributed by atoms with Crippen LogP contribution in [0.25, 0.3) is 0 Å². The van der Waals surface area contributed by atoms with E-state index in [2.05, 4.69) is 9.97 Å². The van der Waals surface area contributed by atoms with Crippen LogP contribution in [0.15, 0.2) is 6.07 Å². The average Bonchev–Trinajstić information content (AvgIpc) is 2.23. The fourth-order valence-electron chi connectivity index (χ4n) is 0.999. The minimum atomic E-state index is 0.228. The minimum Gasteiger partial charge on any atom is -0.461 e. The minimum absolute atomic E-state index is 0.228. The smallest absolute Gasteiger partial charge is 0.317 e. The lowest BCUT2D eigenvalue weighted by Gasteiger charge is -2.04. The van der Waals surface area contributed by atoms with Crippen molar-refractivity contribution in [3.8, 4) is 12.1 Å². The van der Waals surface area contributed by atoms with Crippen LogP contribution >= 0.6 is 0 Å². The zero-order valence-corrected chi connectivity index (χ0v) is 8.86. The molecular formula is C10H13N3O2. The van der Waals surface area contributed by atoms with E-state index in [0.717, 1.165) is 0 Å². The fraction of sp³-hybridized carbons (Fsp3) is 0.500. The summed E-state index contributed by atoms with van der Waals surface area (Å²) in [5, 5.41) is 8.68. The summed E-state index contributed by atoms with van der Waals surface area (Å²) < 4.78 is 10.3. The molecule has 0 unspecified atom stereocenters. The Kier molecular flexibility index (Phi) is 4.51. The highest BCUT2D eigenvalue weighted by Gasteiger charge is 2.02. The first-order chi connectivity index (χ1) is 7.26. The van der Waals surface area contributed by atoms with Gasteiger partial charge in [-0.2, -0.15) is 10.2 Å². The van der Waals surface area contributed by atoms with Crippen molar-refractivity contribution in [1.29, 1.82) is 5.26 Å². The van der Waals surface area contributed by atoms with Crippen LogP contribution in [0.4, 0.5) is 0 Å². The molecule has 0 aliphatic heterocycles. The normalized spacial score (nSPS) is 9.67. The van der Waals surface area contributed by atoms with Gasteiger partial charge in [-0.05, 0) is 19.9 Å². The molecule has 1 heterocycles. The van der Waals surface area contributed by atoms with Gasteiger partial charge in [-0.25, -0.2) is 4.98 Å². The molecule has 0 bridgehead atoms. The molecule has 15 heavy (non-hydrogen) atoms. The van der Waals surface area contributed by atoms with Gasteiger partial charge < -0.3 is 9.47 Å². The average molecular weight is 207 g/mol. The molecule has 0 spiro atoms. The fourth-order valence-corrected chi connectivity index (χ4v) is 0.999. The summed E-state index contributed by atoms with van der Waals surface area (Å²) in [5.41, 5.74) is 1.03. The summed E-state index contributed by atoms with van der Waals surface area (Å²) >= 11 is 0. The highest BCUT2D eigenvalue weighted by molar-refractivity contribution is 5.23. The first kappa shape index (κ1) is 11.4. The maximum atomic E-state index is 8.68. The Hall–Kier alpha value is -1.67. The number of rotatable bonds is 5. The van der Waals surface area contributed by atoms with Gasteiger partial charge in [0.15, 0.2) is 0 Å². The van der Waals surface area contributed by atoms with Crippen LogP contribution in [0.2, 0.25) is 0 Å². The molecular weight excluding hydrogens is 194 g/mol. The van der Waals surface area contributed by atoms with Gasteiger partial charge in [0.05, 0.1) is 6.61 Å². The second-order valence-corrected chi connectivity index (χ2v) is 2.83. The van der Waals surface area contributed by atoms with Gasteiger partial charge in [0.2, 0.25) is 0 Å². The SMILES string of the molecule is CCOCCOc1nc(C)cc(C#N)n1. The third-order valence-electron chi connectivity index (χ3n) is 1.61. The second-order valence-electron chi connectivity index (χ2n) is 2.83. The number of ether oxygens (including phenoxy) is 2. The topological polar surface area (TPSA) is 68.0 Å². The van der Waals surface area contributed by atoms with Crippen LogP contribution in [-0.2, 0) is 4.74 Å². The number of nitriles is 1. The summed E-state index contributed by atoms with van der Waals surface area (Å²) in [4.78, 5) is 7.94. The molecule has 0 aliphatic carbocycles. The van der Waals surface area contributed by atoms with Crippen molar-refractivity contribution in [3.05, 3.63) is 17.5 Å². The Morgan fingerprint density at radius 1 is 1.40 bits per heavy atom. The van der Waals surface area contributed by atoms with Crippen LogP contribution in [0.1, 0.15) is 18.3 Å². The van der Waals surface area contributed by atoms with Gasteiger partial charge in [-0.1, -0.05) is 0 Å². The van der Waals surface area contributed by atoms with Gasteiger partial charge in [0.1, 0.15) is 18.4 Å². The standard InChI is InChI=1S/C10H13N3O2/c1-3-14-4-5-15-10-12-8(2)6-9(7-11)13-10/h6H,3-5H2,1-2H3. The number of hydrogen-bond donors (Lipinski definition) is 0. The highest BCUT2D eigenvalue weighted by Crippen LogP contribution is 2.05. The van der Waals surface area contributed by atoms with Gasteiger partial charge in [-0.15, -0.1) is 0 Å². The predicted molar refractivity (Wildman–Crippen MR) is 53.5 cm³/mol. The highest BCUT2D eigenvalue weighted by atomic mass is 16.5. The molecule has 80 valence electrons. The van der Waals surface area contributed by atoms with Crippen LogP contribution in [0.3, 0.4) is 0 Å². The molecule has 0 saturated carbocycles. The van der Waals surface area contributed by atoms with Crippen molar-refractivity contribution in [2.75, 3.05) is 19.8 Å². The summed E-state index contributed by atoms with van der Waals surface area (Å²) in [5.74, 6) is 0. The second kappa shape index (κ2) is 5.94. The van der Waals surface area contributed by atoms with E-state index in [1.54, 1.807) is 13.0 Å². The van der Waals surface area contributed by atoms with Gasteiger partial charge >= 0.3 is 6.01 Å². The summed E-state index contributed by atoms with van der Waals surface area (Å²) in [7, 11) is 0. The van der Waals surface area contributed by atoms with Crippen molar-refractivity contribution >= 4 is 0 Å². The van der Waals surface area contributed by atoms with Crippen LogP contribution in [0, 0.1) is 18.3 Å². The van der Waals surface area contributed by atoms with E-state index in [1.807, 2.05) is 13.0 Å². The Bertz CT molecular complexity index is 360. The molecule has 1 aromatic heterocycles. The lowest BCUT2D eigenvalue weighted by atomic mass is 10.3. The first-order valence-electron chi connectivity index (χ1n) is 4.72. The molecule has 0 N–H and O–H groups in total. The third kappa shape index (κ3) is 3.92. The first-order valence-corrected chi connectivity index (χ1v) is 4.72. The monoisotopic (exact) mass is 207 g/mol. The van der Waals surface area contributed by atoms with Crippen molar-refractivity contribution in [3.63, 3.8) is 0 Å². The molecule has 5 heteroatoms. The quantitative estimate of drug-likeness (QED) is 0.675. The van der Waals surface area contributed by atoms with E-state index in [-0.39, 0.29) is 6.01 Å². The molecule has 1 aromatic rings. The summed E-state index contributed by atoms with van der Waals surface area (Å²) in [6.45, 7) is 5.24. The van der Waals surface area contributed by atoms with Crippen LogP contribution in [-0.4, -0.2) is 29.8 Å². The maximum absolute atomic E-state index is 8.68. The Labute approximate surface area is 88.7 Å². The zero-order chi connectivity index (χ0) is 11.1.